The molecule has 0 aliphatic heterocycles. The van der Waals surface area contributed by atoms with Crippen LogP contribution in [-0.4, -0.2) is 18.2 Å². The summed E-state index contributed by atoms with van der Waals surface area (Å²) in [6, 6.07) is 4.81. The molecule has 0 atom stereocenters. The zero-order chi connectivity index (χ0) is 19.3. The normalized spacial score (nSPS) is 11.6. The monoisotopic (exact) mass is 395 g/mol. The van der Waals surface area contributed by atoms with Gasteiger partial charge in [-0.3, -0.25) is 9.79 Å². The summed E-state index contributed by atoms with van der Waals surface area (Å²) in [4.78, 5) is 28.5. The second-order valence-corrected chi connectivity index (χ2v) is 6.64. The molecule has 2 rings (SSSR count). The van der Waals surface area contributed by atoms with Crippen LogP contribution in [0.5, 0.6) is 0 Å². The maximum Gasteiger partial charge on any atom is 0.323 e. The summed E-state index contributed by atoms with van der Waals surface area (Å²) in [5.41, 5.74) is 11.2. The lowest BCUT2D eigenvalue weighted by Gasteiger charge is -2.09. The van der Waals surface area contributed by atoms with Crippen molar-refractivity contribution in [3.8, 4) is 0 Å². The number of hydrogen-bond donors (Lipinski definition) is 4. The van der Waals surface area contributed by atoms with Gasteiger partial charge in [0.15, 0.2) is 0 Å². The summed E-state index contributed by atoms with van der Waals surface area (Å²) in [7, 11) is 0. The quantitative estimate of drug-likeness (QED) is 0.581. The molecule has 3 amide bonds. The molecule has 1 heterocycles. The molecule has 0 fully saturated rings. The Morgan fingerprint density at radius 3 is 2.69 bits per heavy atom. The highest BCUT2D eigenvalue weighted by molar-refractivity contribution is 7.14. The van der Waals surface area contributed by atoms with Crippen LogP contribution in [0.3, 0.4) is 0 Å². The molecule has 6 N–H and O–H groups in total. The Bertz CT molecular complexity index is 890. The minimum Gasteiger partial charge on any atom is -0.403 e. The van der Waals surface area contributed by atoms with Crippen LogP contribution < -0.4 is 22.1 Å². The summed E-state index contributed by atoms with van der Waals surface area (Å²) in [5.74, 6) is -1.22. The maximum atomic E-state index is 13.7. The molecule has 0 saturated heterocycles. The van der Waals surface area contributed by atoms with Crippen LogP contribution in [0.1, 0.15) is 14.5 Å². The van der Waals surface area contributed by atoms with Gasteiger partial charge in [0.2, 0.25) is 0 Å². The van der Waals surface area contributed by atoms with E-state index < -0.39 is 17.8 Å². The minimum atomic E-state index is -0.750. The number of aliphatic imine (C=N–C) groups is 1. The topological polar surface area (TPSA) is 123 Å². The molecular formula is C16H15ClFN5O2S. The van der Waals surface area contributed by atoms with Crippen LogP contribution in [0.15, 0.2) is 41.2 Å². The Balaban J connectivity index is 2.08. The molecule has 7 nitrogen and oxygen atoms in total. The number of nitrogens with one attached hydrogen (secondary N) is 2. The fourth-order valence-electron chi connectivity index (χ4n) is 1.87. The number of carbonyl (C=O) groups excluding carboxylic acids is 2. The highest BCUT2D eigenvalue weighted by Gasteiger charge is 2.12. The lowest BCUT2D eigenvalue weighted by molar-refractivity contribution is 0.100. The van der Waals surface area contributed by atoms with E-state index in [1.807, 2.05) is 0 Å². The molecule has 1 aromatic carbocycles. The van der Waals surface area contributed by atoms with Gasteiger partial charge in [-0.05, 0) is 25.1 Å². The van der Waals surface area contributed by atoms with Crippen molar-refractivity contribution in [3.63, 3.8) is 0 Å². The van der Waals surface area contributed by atoms with E-state index in [0.717, 1.165) is 17.1 Å². The highest BCUT2D eigenvalue weighted by atomic mass is 35.5. The van der Waals surface area contributed by atoms with E-state index in [1.165, 1.54) is 35.8 Å². The average Bonchev–Trinajstić information content (AvgIpc) is 2.96. The third-order valence-corrected chi connectivity index (χ3v) is 4.49. The molecule has 2 aromatic rings. The molecule has 0 unspecified atom stereocenters. The first-order valence-corrected chi connectivity index (χ1v) is 8.39. The number of amides is 3. The zero-order valence-electron chi connectivity index (χ0n) is 13.5. The van der Waals surface area contributed by atoms with Gasteiger partial charge in [-0.2, -0.15) is 0 Å². The van der Waals surface area contributed by atoms with Crippen LogP contribution >= 0.6 is 22.9 Å². The Morgan fingerprint density at radius 1 is 1.38 bits per heavy atom. The molecule has 136 valence electrons. The predicted molar refractivity (Wildman–Crippen MR) is 102 cm³/mol. The molecule has 10 heteroatoms. The number of rotatable bonds is 5. The summed E-state index contributed by atoms with van der Waals surface area (Å²) < 4.78 is 13.7. The van der Waals surface area contributed by atoms with Gasteiger partial charge in [-0.25, -0.2) is 9.18 Å². The van der Waals surface area contributed by atoms with Crippen LogP contribution in [0.25, 0.3) is 0 Å². The first kappa shape index (κ1) is 19.4. The molecule has 0 radical (unpaired) electrons. The van der Waals surface area contributed by atoms with E-state index in [2.05, 4.69) is 15.6 Å². The van der Waals surface area contributed by atoms with Crippen molar-refractivity contribution in [3.05, 3.63) is 56.8 Å². The Hall–Kier alpha value is -2.91. The van der Waals surface area contributed by atoms with Crippen LogP contribution in [0.4, 0.5) is 20.6 Å². The van der Waals surface area contributed by atoms with Crippen molar-refractivity contribution >= 4 is 52.5 Å². The first-order valence-electron chi connectivity index (χ1n) is 7.20. The molecule has 0 aliphatic rings. The van der Waals surface area contributed by atoms with E-state index in [4.69, 9.17) is 23.1 Å². The predicted octanol–water partition coefficient (Wildman–Crippen LogP) is 3.27. The summed E-state index contributed by atoms with van der Waals surface area (Å²) in [6.07, 6.45) is 2.41. The SMILES string of the molecule is Cc1sc(C(N)=O)cc1N=CC(=CN)NC(=O)Nc1c(F)cccc1Cl. The number of hydrogen-bond acceptors (Lipinski definition) is 5. The van der Waals surface area contributed by atoms with E-state index in [-0.39, 0.29) is 16.4 Å². The van der Waals surface area contributed by atoms with E-state index in [9.17, 15) is 14.0 Å². The van der Waals surface area contributed by atoms with Crippen molar-refractivity contribution in [2.45, 2.75) is 6.92 Å². The number of thiophene rings is 1. The zero-order valence-corrected chi connectivity index (χ0v) is 15.1. The van der Waals surface area contributed by atoms with Gasteiger partial charge >= 0.3 is 6.03 Å². The number of urea groups is 1. The van der Waals surface area contributed by atoms with E-state index in [1.54, 1.807) is 6.92 Å². The fraction of sp³-hybridized carbons (Fsp3) is 0.0625. The summed E-state index contributed by atoms with van der Waals surface area (Å²) >= 11 is 7.05. The molecule has 0 aliphatic carbocycles. The minimum absolute atomic E-state index is 0.0555. The number of anilines is 1. The van der Waals surface area contributed by atoms with Crippen molar-refractivity contribution in [2.24, 2.45) is 16.5 Å². The number of aryl methyl sites for hydroxylation is 1. The van der Waals surface area contributed by atoms with Gasteiger partial charge in [-0.1, -0.05) is 17.7 Å². The number of carbonyl (C=O) groups is 2. The van der Waals surface area contributed by atoms with Gasteiger partial charge in [0.1, 0.15) is 5.82 Å². The van der Waals surface area contributed by atoms with Crippen molar-refractivity contribution in [2.75, 3.05) is 5.32 Å². The van der Waals surface area contributed by atoms with Gasteiger partial charge in [0.05, 0.1) is 33.2 Å². The number of benzene rings is 1. The number of nitrogens with two attached hydrogens (primary N) is 2. The van der Waals surface area contributed by atoms with E-state index >= 15 is 0 Å². The summed E-state index contributed by atoms with van der Waals surface area (Å²) in [5, 5.41) is 4.77. The molecule has 26 heavy (non-hydrogen) atoms. The molecule has 0 bridgehead atoms. The number of primary amides is 1. The first-order chi connectivity index (χ1) is 12.3. The van der Waals surface area contributed by atoms with Gasteiger partial charge in [-0.15, -0.1) is 11.3 Å². The van der Waals surface area contributed by atoms with Crippen LogP contribution in [0, 0.1) is 12.7 Å². The maximum absolute atomic E-state index is 13.7. The lowest BCUT2D eigenvalue weighted by Crippen LogP contribution is -2.29. The van der Waals surface area contributed by atoms with E-state index in [0.29, 0.717) is 10.6 Å². The van der Waals surface area contributed by atoms with Crippen molar-refractivity contribution in [1.29, 1.82) is 0 Å². The second kappa shape index (κ2) is 8.45. The number of para-hydroxylation sites is 1. The van der Waals surface area contributed by atoms with Gasteiger partial charge in [0, 0.05) is 11.1 Å². The Labute approximate surface area is 157 Å². The van der Waals surface area contributed by atoms with Crippen LogP contribution in [0.2, 0.25) is 5.02 Å². The second-order valence-electron chi connectivity index (χ2n) is 4.97. The van der Waals surface area contributed by atoms with Gasteiger partial charge in [0.25, 0.3) is 5.91 Å². The number of halogens is 2. The van der Waals surface area contributed by atoms with Crippen molar-refractivity contribution in [1.82, 2.24) is 5.32 Å². The Kier molecular flexibility index (Phi) is 6.31. The third kappa shape index (κ3) is 4.80. The van der Waals surface area contributed by atoms with Crippen LogP contribution in [-0.2, 0) is 0 Å². The molecule has 1 aromatic heterocycles. The molecule has 0 spiro atoms. The average molecular weight is 396 g/mol. The Morgan fingerprint density at radius 2 is 2.12 bits per heavy atom. The highest BCUT2D eigenvalue weighted by Crippen LogP contribution is 2.28. The largest absolute Gasteiger partial charge is 0.403 e. The smallest absolute Gasteiger partial charge is 0.323 e. The fourth-order valence-corrected chi connectivity index (χ4v) is 2.90. The summed E-state index contributed by atoms with van der Waals surface area (Å²) in [6.45, 7) is 1.77. The standard InChI is InChI=1S/C16H15ClFN5O2S/c1-8-12(5-13(26-8)15(20)24)21-7-9(6-19)22-16(25)23-14-10(17)3-2-4-11(14)18/h2-7H,19H2,1H3,(H2,20,24)(H2,22,23,25). The van der Waals surface area contributed by atoms with Gasteiger partial charge < -0.3 is 22.1 Å². The lowest BCUT2D eigenvalue weighted by atomic mass is 10.3. The van der Waals surface area contributed by atoms with Crippen molar-refractivity contribution < 1.29 is 14.0 Å². The molecular weight excluding hydrogens is 381 g/mol. The number of nitrogens with zero attached hydrogens (tertiary/aromatic N) is 1. The number of allylic oxidation sites excluding steroid dienone is 1. The molecule has 0 saturated carbocycles. The third-order valence-electron chi connectivity index (χ3n) is 3.12.